The molecule has 1 unspecified atom stereocenters. The summed E-state index contributed by atoms with van der Waals surface area (Å²) in [6.45, 7) is 1.44. The zero-order valence-electron chi connectivity index (χ0n) is 8.70. The molecule has 0 spiro atoms. The predicted molar refractivity (Wildman–Crippen MR) is 57.3 cm³/mol. The molecule has 92 valence electrons. The minimum atomic E-state index is -4.60. The number of rotatable bonds is 1. The number of aromatic nitrogens is 3. The van der Waals surface area contributed by atoms with Crippen LogP contribution in [0, 0.1) is 6.92 Å². The molecule has 17 heavy (non-hydrogen) atoms. The van der Waals surface area contributed by atoms with Crippen molar-refractivity contribution in [1.29, 1.82) is 0 Å². The highest BCUT2D eigenvalue weighted by atomic mass is 32.2. The van der Waals surface area contributed by atoms with E-state index in [4.69, 9.17) is 0 Å². The molecule has 0 aliphatic rings. The molecule has 0 aromatic carbocycles. The minimum absolute atomic E-state index is 0.0555. The van der Waals surface area contributed by atoms with Gasteiger partial charge in [0.25, 0.3) is 0 Å². The summed E-state index contributed by atoms with van der Waals surface area (Å²) in [6, 6.07) is 0. The van der Waals surface area contributed by atoms with Crippen molar-refractivity contribution < 1.29 is 17.4 Å². The van der Waals surface area contributed by atoms with Gasteiger partial charge in [-0.1, -0.05) is 0 Å². The van der Waals surface area contributed by atoms with Gasteiger partial charge in [0.1, 0.15) is 0 Å². The third-order valence-electron chi connectivity index (χ3n) is 1.90. The highest BCUT2D eigenvalue weighted by molar-refractivity contribution is 7.86. The second-order valence-electron chi connectivity index (χ2n) is 3.22. The molecular formula is C8H6F3N3OS2. The van der Waals surface area contributed by atoms with E-state index in [9.17, 15) is 17.4 Å². The lowest BCUT2D eigenvalue weighted by Crippen LogP contribution is -2.11. The molecule has 0 aliphatic carbocycles. The number of thiazole rings is 1. The van der Waals surface area contributed by atoms with E-state index in [1.165, 1.54) is 13.2 Å². The molecule has 9 heteroatoms. The molecule has 0 radical (unpaired) electrons. The monoisotopic (exact) mass is 281 g/mol. The first kappa shape index (κ1) is 12.4. The average molecular weight is 281 g/mol. The van der Waals surface area contributed by atoms with Crippen molar-refractivity contribution in [3.8, 4) is 0 Å². The standard InChI is InChI=1S/C8H6F3N3OS2/c1-3-4-5(14-7(16-4)17(2)15)13-6(12-3)8(9,10)11/h1-2H3. The van der Waals surface area contributed by atoms with Crippen molar-refractivity contribution in [2.24, 2.45) is 0 Å². The van der Waals surface area contributed by atoms with Gasteiger partial charge in [-0.2, -0.15) is 13.2 Å². The number of hydrogen-bond acceptors (Lipinski definition) is 5. The second kappa shape index (κ2) is 3.98. The van der Waals surface area contributed by atoms with Crippen LogP contribution in [-0.4, -0.2) is 25.4 Å². The van der Waals surface area contributed by atoms with E-state index in [1.54, 1.807) is 0 Å². The van der Waals surface area contributed by atoms with Crippen LogP contribution in [0.2, 0.25) is 0 Å². The Morgan fingerprint density at radius 1 is 1.24 bits per heavy atom. The van der Waals surface area contributed by atoms with Gasteiger partial charge in [-0.25, -0.2) is 15.0 Å². The maximum Gasteiger partial charge on any atom is 0.451 e. The largest absolute Gasteiger partial charge is 0.451 e. The van der Waals surface area contributed by atoms with Crippen LogP contribution in [0.5, 0.6) is 0 Å². The van der Waals surface area contributed by atoms with Crippen LogP contribution in [0.4, 0.5) is 13.2 Å². The Labute approximate surface area is 100 Å². The van der Waals surface area contributed by atoms with Crippen LogP contribution in [0.25, 0.3) is 10.3 Å². The van der Waals surface area contributed by atoms with Gasteiger partial charge in [-0.3, -0.25) is 4.21 Å². The number of fused-ring (bicyclic) bond motifs is 1. The van der Waals surface area contributed by atoms with Crippen molar-refractivity contribution in [1.82, 2.24) is 15.0 Å². The van der Waals surface area contributed by atoms with E-state index >= 15 is 0 Å². The Hall–Kier alpha value is -1.09. The summed E-state index contributed by atoms with van der Waals surface area (Å²) < 4.78 is 49.2. The summed E-state index contributed by atoms with van der Waals surface area (Å²) >= 11 is 1.05. The first-order chi connectivity index (χ1) is 7.79. The average Bonchev–Trinajstić information content (AvgIpc) is 2.60. The summed E-state index contributed by atoms with van der Waals surface area (Å²) in [5, 5.41) is 0. The van der Waals surface area contributed by atoms with E-state index < -0.39 is 22.8 Å². The Morgan fingerprint density at radius 2 is 1.88 bits per heavy atom. The Bertz CT molecular complexity index is 608. The van der Waals surface area contributed by atoms with Gasteiger partial charge in [0, 0.05) is 6.26 Å². The summed E-state index contributed by atoms with van der Waals surface area (Å²) in [4.78, 5) is 10.5. The number of aryl methyl sites for hydroxylation is 1. The molecule has 2 aromatic heterocycles. The van der Waals surface area contributed by atoms with Crippen molar-refractivity contribution >= 4 is 32.5 Å². The molecular weight excluding hydrogens is 275 g/mol. The van der Waals surface area contributed by atoms with Crippen molar-refractivity contribution in [2.45, 2.75) is 17.4 Å². The Morgan fingerprint density at radius 3 is 2.41 bits per heavy atom. The summed E-state index contributed by atoms with van der Waals surface area (Å²) in [7, 11) is -1.34. The first-order valence-electron chi connectivity index (χ1n) is 4.35. The van der Waals surface area contributed by atoms with E-state index in [0.29, 0.717) is 4.70 Å². The van der Waals surface area contributed by atoms with Gasteiger partial charge in [0.05, 0.1) is 21.2 Å². The highest BCUT2D eigenvalue weighted by Gasteiger charge is 2.35. The Balaban J connectivity index is 2.69. The summed E-state index contributed by atoms with van der Waals surface area (Å²) in [6.07, 6.45) is -3.20. The zero-order chi connectivity index (χ0) is 12.8. The first-order valence-corrected chi connectivity index (χ1v) is 6.72. The predicted octanol–water partition coefficient (Wildman–Crippen LogP) is 2.15. The van der Waals surface area contributed by atoms with E-state index in [2.05, 4.69) is 15.0 Å². The quantitative estimate of drug-likeness (QED) is 0.803. The van der Waals surface area contributed by atoms with Crippen LogP contribution in [0.3, 0.4) is 0 Å². The van der Waals surface area contributed by atoms with Gasteiger partial charge in [0.15, 0.2) is 9.99 Å². The molecule has 0 fully saturated rings. The van der Waals surface area contributed by atoms with Gasteiger partial charge >= 0.3 is 6.18 Å². The van der Waals surface area contributed by atoms with Gasteiger partial charge in [0.2, 0.25) is 5.82 Å². The highest BCUT2D eigenvalue weighted by Crippen LogP contribution is 2.30. The van der Waals surface area contributed by atoms with Gasteiger partial charge in [-0.15, -0.1) is 11.3 Å². The number of halogens is 3. The lowest BCUT2D eigenvalue weighted by Gasteiger charge is -2.04. The molecule has 0 aliphatic heterocycles. The van der Waals surface area contributed by atoms with Crippen molar-refractivity contribution in [2.75, 3.05) is 6.26 Å². The molecule has 4 nitrogen and oxygen atoms in total. The van der Waals surface area contributed by atoms with Crippen LogP contribution >= 0.6 is 11.3 Å². The number of hydrogen-bond donors (Lipinski definition) is 0. The van der Waals surface area contributed by atoms with Crippen LogP contribution in [0.1, 0.15) is 11.5 Å². The topological polar surface area (TPSA) is 55.7 Å². The van der Waals surface area contributed by atoms with E-state index in [1.807, 2.05) is 0 Å². The molecule has 0 amide bonds. The Kier molecular flexibility index (Phi) is 2.90. The van der Waals surface area contributed by atoms with Gasteiger partial charge in [-0.05, 0) is 6.92 Å². The zero-order valence-corrected chi connectivity index (χ0v) is 10.3. The smallest absolute Gasteiger partial charge is 0.252 e. The van der Waals surface area contributed by atoms with Crippen molar-refractivity contribution in [3.05, 3.63) is 11.5 Å². The molecule has 2 rings (SSSR count). The van der Waals surface area contributed by atoms with Crippen molar-refractivity contribution in [3.63, 3.8) is 0 Å². The number of nitrogens with zero attached hydrogens (tertiary/aromatic N) is 3. The second-order valence-corrected chi connectivity index (χ2v) is 5.77. The fraction of sp³-hybridized carbons (Fsp3) is 0.375. The van der Waals surface area contributed by atoms with Crippen LogP contribution < -0.4 is 0 Å². The lowest BCUT2D eigenvalue weighted by atomic mass is 10.4. The maximum atomic E-state index is 12.5. The normalized spacial score (nSPS) is 14.2. The number of alkyl halides is 3. The van der Waals surface area contributed by atoms with E-state index in [-0.39, 0.29) is 15.7 Å². The molecule has 0 bridgehead atoms. The fourth-order valence-electron chi connectivity index (χ4n) is 1.19. The molecule has 2 heterocycles. The molecule has 0 saturated heterocycles. The third-order valence-corrected chi connectivity index (χ3v) is 4.39. The van der Waals surface area contributed by atoms with E-state index in [0.717, 1.165) is 11.3 Å². The molecule has 1 atom stereocenters. The van der Waals surface area contributed by atoms with Gasteiger partial charge < -0.3 is 0 Å². The molecule has 2 aromatic rings. The van der Waals surface area contributed by atoms with Crippen LogP contribution in [0.15, 0.2) is 4.34 Å². The van der Waals surface area contributed by atoms with Crippen LogP contribution in [-0.2, 0) is 17.0 Å². The summed E-state index contributed by atoms with van der Waals surface area (Å²) in [5.41, 5.74) is 0.136. The minimum Gasteiger partial charge on any atom is -0.252 e. The lowest BCUT2D eigenvalue weighted by molar-refractivity contribution is -0.144. The fourth-order valence-corrected chi connectivity index (χ4v) is 2.81. The third kappa shape index (κ3) is 2.29. The summed E-state index contributed by atoms with van der Waals surface area (Å²) in [5.74, 6) is -1.22. The molecule has 0 saturated carbocycles. The molecule has 0 N–H and O–H groups in total. The SMILES string of the molecule is Cc1nc(C(F)(F)F)nc2nc(S(C)=O)sc12. The maximum absolute atomic E-state index is 12.5.